The Labute approximate surface area is 184 Å². The first-order chi connectivity index (χ1) is 15.3. The van der Waals surface area contributed by atoms with E-state index < -0.39 is 0 Å². The van der Waals surface area contributed by atoms with E-state index in [4.69, 9.17) is 4.74 Å². The standard InChI is InChI=1S/C26H29N3O2/c30-26(28-23-11-13-24(14-12-23)29-15-17-31-18-16-29)20-27-25(22-9-5-2-6-10-22)19-21-7-3-1-4-8-21/h1-14,25,27H,15-20H2,(H,28,30)/t25-/m0/s1. The monoisotopic (exact) mass is 415 g/mol. The first-order valence-corrected chi connectivity index (χ1v) is 10.8. The van der Waals surface area contributed by atoms with E-state index in [-0.39, 0.29) is 18.5 Å². The lowest BCUT2D eigenvalue weighted by atomic mass is 9.99. The van der Waals surface area contributed by atoms with Crippen LogP contribution in [-0.4, -0.2) is 38.8 Å². The zero-order chi connectivity index (χ0) is 21.3. The molecule has 1 heterocycles. The van der Waals surface area contributed by atoms with E-state index in [1.165, 1.54) is 11.1 Å². The Morgan fingerprint density at radius 2 is 1.52 bits per heavy atom. The number of hydrogen-bond donors (Lipinski definition) is 2. The third kappa shape index (κ3) is 6.17. The quantitative estimate of drug-likeness (QED) is 0.583. The van der Waals surface area contributed by atoms with E-state index in [1.54, 1.807) is 0 Å². The van der Waals surface area contributed by atoms with Crippen LogP contribution in [0.15, 0.2) is 84.9 Å². The molecule has 0 bridgehead atoms. The number of carbonyl (C=O) groups excluding carboxylic acids is 1. The van der Waals surface area contributed by atoms with Gasteiger partial charge in [-0.3, -0.25) is 4.79 Å². The number of carbonyl (C=O) groups is 1. The fourth-order valence-electron chi connectivity index (χ4n) is 3.84. The van der Waals surface area contributed by atoms with Crippen molar-refractivity contribution in [3.63, 3.8) is 0 Å². The summed E-state index contributed by atoms with van der Waals surface area (Å²) in [4.78, 5) is 14.9. The van der Waals surface area contributed by atoms with Crippen molar-refractivity contribution in [3.8, 4) is 0 Å². The summed E-state index contributed by atoms with van der Waals surface area (Å²) in [6, 6.07) is 28.7. The Balaban J connectivity index is 1.34. The minimum atomic E-state index is -0.0480. The van der Waals surface area contributed by atoms with Crippen molar-refractivity contribution in [1.82, 2.24) is 5.32 Å². The predicted octanol–water partition coefficient (Wildman–Crippen LogP) is 4.04. The van der Waals surface area contributed by atoms with Crippen LogP contribution in [0, 0.1) is 0 Å². The first kappa shape index (κ1) is 21.1. The molecular weight excluding hydrogens is 386 g/mol. The van der Waals surface area contributed by atoms with Crippen molar-refractivity contribution < 1.29 is 9.53 Å². The molecule has 2 N–H and O–H groups in total. The smallest absolute Gasteiger partial charge is 0.238 e. The van der Waals surface area contributed by atoms with Gasteiger partial charge in [-0.05, 0) is 41.8 Å². The van der Waals surface area contributed by atoms with E-state index in [0.29, 0.717) is 0 Å². The minimum absolute atomic E-state index is 0.0480. The van der Waals surface area contributed by atoms with Crippen molar-refractivity contribution in [2.24, 2.45) is 0 Å². The molecule has 1 fully saturated rings. The molecule has 3 aromatic carbocycles. The van der Waals surface area contributed by atoms with Gasteiger partial charge in [-0.25, -0.2) is 0 Å². The number of nitrogens with one attached hydrogen (secondary N) is 2. The second-order valence-corrected chi connectivity index (χ2v) is 7.73. The van der Waals surface area contributed by atoms with Crippen LogP contribution in [0.5, 0.6) is 0 Å². The van der Waals surface area contributed by atoms with Gasteiger partial charge in [0.1, 0.15) is 0 Å². The van der Waals surface area contributed by atoms with Gasteiger partial charge in [0.15, 0.2) is 0 Å². The number of amides is 1. The molecule has 0 aliphatic carbocycles. The summed E-state index contributed by atoms with van der Waals surface area (Å²) < 4.78 is 5.41. The van der Waals surface area contributed by atoms with E-state index in [9.17, 15) is 4.79 Å². The van der Waals surface area contributed by atoms with Crippen LogP contribution in [0.25, 0.3) is 0 Å². The summed E-state index contributed by atoms with van der Waals surface area (Å²) in [5, 5.41) is 6.43. The molecule has 1 atom stereocenters. The van der Waals surface area contributed by atoms with Gasteiger partial charge in [-0.1, -0.05) is 60.7 Å². The summed E-state index contributed by atoms with van der Waals surface area (Å²) in [6.45, 7) is 3.57. The largest absolute Gasteiger partial charge is 0.378 e. The molecule has 5 nitrogen and oxygen atoms in total. The Kier molecular flexibility index (Phi) is 7.32. The number of hydrogen-bond acceptors (Lipinski definition) is 4. The van der Waals surface area contributed by atoms with Crippen LogP contribution < -0.4 is 15.5 Å². The highest BCUT2D eigenvalue weighted by molar-refractivity contribution is 5.92. The van der Waals surface area contributed by atoms with Crippen LogP contribution in [0.3, 0.4) is 0 Å². The Bertz CT molecular complexity index is 939. The summed E-state index contributed by atoms with van der Waals surface area (Å²) in [5.74, 6) is -0.0480. The number of nitrogens with zero attached hydrogens (tertiary/aromatic N) is 1. The summed E-state index contributed by atoms with van der Waals surface area (Å²) in [7, 11) is 0. The molecule has 5 heteroatoms. The number of ether oxygens (including phenoxy) is 1. The average molecular weight is 416 g/mol. The normalized spacial score (nSPS) is 14.8. The molecule has 0 radical (unpaired) electrons. The van der Waals surface area contributed by atoms with Crippen molar-refractivity contribution in [3.05, 3.63) is 96.1 Å². The second-order valence-electron chi connectivity index (χ2n) is 7.73. The third-order valence-corrected chi connectivity index (χ3v) is 5.52. The molecule has 0 aromatic heterocycles. The first-order valence-electron chi connectivity index (χ1n) is 10.8. The van der Waals surface area contributed by atoms with E-state index in [0.717, 1.165) is 44.1 Å². The average Bonchev–Trinajstić information content (AvgIpc) is 2.84. The van der Waals surface area contributed by atoms with Gasteiger partial charge in [0.2, 0.25) is 5.91 Å². The van der Waals surface area contributed by atoms with E-state index in [1.807, 2.05) is 48.5 Å². The lowest BCUT2D eigenvalue weighted by Crippen LogP contribution is -2.36. The van der Waals surface area contributed by atoms with Crippen molar-refractivity contribution >= 4 is 17.3 Å². The molecule has 1 saturated heterocycles. The summed E-state index contributed by atoms with van der Waals surface area (Å²) in [5.41, 5.74) is 4.38. The fraction of sp³-hybridized carbons (Fsp3) is 0.269. The fourth-order valence-corrected chi connectivity index (χ4v) is 3.84. The Morgan fingerprint density at radius 1 is 0.871 bits per heavy atom. The molecule has 1 aliphatic heterocycles. The zero-order valence-corrected chi connectivity index (χ0v) is 17.7. The molecule has 0 spiro atoms. The van der Waals surface area contributed by atoms with Crippen LogP contribution in [-0.2, 0) is 16.0 Å². The molecule has 160 valence electrons. The molecule has 3 aromatic rings. The Hall–Kier alpha value is -3.15. The molecule has 4 rings (SSSR count). The van der Waals surface area contributed by atoms with Crippen molar-refractivity contribution in [2.45, 2.75) is 12.5 Å². The van der Waals surface area contributed by atoms with E-state index in [2.05, 4.69) is 51.9 Å². The van der Waals surface area contributed by atoms with Crippen LogP contribution in [0.4, 0.5) is 11.4 Å². The van der Waals surface area contributed by atoms with Gasteiger partial charge in [-0.2, -0.15) is 0 Å². The maximum atomic E-state index is 12.6. The second kappa shape index (κ2) is 10.8. The van der Waals surface area contributed by atoms with Gasteiger partial charge >= 0.3 is 0 Å². The highest BCUT2D eigenvalue weighted by atomic mass is 16.5. The van der Waals surface area contributed by atoms with Crippen LogP contribution in [0.1, 0.15) is 17.2 Å². The predicted molar refractivity (Wildman–Crippen MR) is 125 cm³/mol. The lowest BCUT2D eigenvalue weighted by molar-refractivity contribution is -0.115. The van der Waals surface area contributed by atoms with Crippen LogP contribution >= 0.6 is 0 Å². The zero-order valence-electron chi connectivity index (χ0n) is 17.7. The molecule has 1 amide bonds. The molecule has 0 unspecified atom stereocenters. The number of morpholine rings is 1. The van der Waals surface area contributed by atoms with Gasteiger partial charge in [-0.15, -0.1) is 0 Å². The van der Waals surface area contributed by atoms with Gasteiger partial charge in [0, 0.05) is 30.5 Å². The SMILES string of the molecule is O=C(CN[C@@H](Cc1ccccc1)c1ccccc1)Nc1ccc(N2CCOCC2)cc1. The molecule has 0 saturated carbocycles. The number of rotatable bonds is 8. The third-order valence-electron chi connectivity index (χ3n) is 5.52. The van der Waals surface area contributed by atoms with Crippen molar-refractivity contribution in [2.75, 3.05) is 43.1 Å². The van der Waals surface area contributed by atoms with Gasteiger partial charge < -0.3 is 20.3 Å². The maximum Gasteiger partial charge on any atom is 0.238 e. The summed E-state index contributed by atoms with van der Waals surface area (Å²) >= 11 is 0. The van der Waals surface area contributed by atoms with Gasteiger partial charge in [0.25, 0.3) is 0 Å². The summed E-state index contributed by atoms with van der Waals surface area (Å²) in [6.07, 6.45) is 0.826. The highest BCUT2D eigenvalue weighted by Crippen LogP contribution is 2.20. The topological polar surface area (TPSA) is 53.6 Å². The molecular formula is C26H29N3O2. The minimum Gasteiger partial charge on any atom is -0.378 e. The van der Waals surface area contributed by atoms with Crippen LogP contribution in [0.2, 0.25) is 0 Å². The van der Waals surface area contributed by atoms with Gasteiger partial charge in [0.05, 0.1) is 19.8 Å². The van der Waals surface area contributed by atoms with Crippen molar-refractivity contribution in [1.29, 1.82) is 0 Å². The van der Waals surface area contributed by atoms with E-state index >= 15 is 0 Å². The lowest BCUT2D eigenvalue weighted by Gasteiger charge is -2.28. The number of benzene rings is 3. The number of anilines is 2. The Morgan fingerprint density at radius 3 is 2.19 bits per heavy atom. The maximum absolute atomic E-state index is 12.6. The highest BCUT2D eigenvalue weighted by Gasteiger charge is 2.14. The molecule has 31 heavy (non-hydrogen) atoms. The molecule has 1 aliphatic rings.